The van der Waals surface area contributed by atoms with Gasteiger partial charge in [-0.25, -0.2) is 0 Å². The molecule has 3 heteroatoms. The van der Waals surface area contributed by atoms with E-state index in [1.165, 1.54) is 12.8 Å². The average molecular weight is 254 g/mol. The predicted molar refractivity (Wildman–Crippen MR) is 72.5 cm³/mol. The van der Waals surface area contributed by atoms with Gasteiger partial charge in [-0.3, -0.25) is 9.59 Å². The summed E-state index contributed by atoms with van der Waals surface area (Å²) in [5, 5.41) is 0. The molecule has 0 N–H and O–H groups in total. The number of carbonyl (C=O) groups excluding carboxylic acids is 3. The third kappa shape index (κ3) is 10.2. The maximum Gasteiger partial charge on any atom is 0.198 e. The number of Topliss-reactive ketones (excluding diaryl/α,β-unsaturated/α-hetero) is 3. The van der Waals surface area contributed by atoms with Gasteiger partial charge in [-0.1, -0.05) is 32.6 Å². The lowest BCUT2D eigenvalue weighted by atomic mass is 10.0. The van der Waals surface area contributed by atoms with Gasteiger partial charge in [0.15, 0.2) is 11.6 Å². The molecule has 104 valence electrons. The van der Waals surface area contributed by atoms with Crippen LogP contribution in [0.3, 0.4) is 0 Å². The number of ketones is 3. The van der Waals surface area contributed by atoms with Crippen LogP contribution < -0.4 is 0 Å². The van der Waals surface area contributed by atoms with E-state index in [4.69, 9.17) is 0 Å². The molecule has 0 aromatic rings. The summed E-state index contributed by atoms with van der Waals surface area (Å²) in [5.41, 5.74) is 0. The molecular weight excluding hydrogens is 228 g/mol. The highest BCUT2D eigenvalue weighted by molar-refractivity contribution is 6.37. The lowest BCUT2D eigenvalue weighted by molar-refractivity contribution is -0.136. The van der Waals surface area contributed by atoms with E-state index in [-0.39, 0.29) is 17.3 Å². The van der Waals surface area contributed by atoms with Crippen LogP contribution in [0.2, 0.25) is 0 Å². The van der Waals surface area contributed by atoms with Crippen molar-refractivity contribution in [2.24, 2.45) is 0 Å². The molecule has 0 amide bonds. The van der Waals surface area contributed by atoms with Crippen LogP contribution in [-0.4, -0.2) is 17.3 Å². The second-order valence-corrected chi connectivity index (χ2v) is 4.92. The quantitative estimate of drug-likeness (QED) is 0.394. The van der Waals surface area contributed by atoms with E-state index >= 15 is 0 Å². The van der Waals surface area contributed by atoms with Crippen LogP contribution in [0.1, 0.15) is 78.1 Å². The summed E-state index contributed by atoms with van der Waals surface area (Å²) in [4.78, 5) is 33.7. The number of hydrogen-bond acceptors (Lipinski definition) is 3. The lowest BCUT2D eigenvalue weighted by Gasteiger charge is -2.01. The first-order chi connectivity index (χ1) is 8.57. The highest BCUT2D eigenvalue weighted by Gasteiger charge is 2.12. The largest absolute Gasteiger partial charge is 0.300 e. The van der Waals surface area contributed by atoms with Gasteiger partial charge < -0.3 is 4.79 Å². The third-order valence-corrected chi connectivity index (χ3v) is 3.00. The van der Waals surface area contributed by atoms with Crippen LogP contribution in [-0.2, 0) is 14.4 Å². The Labute approximate surface area is 110 Å². The molecule has 18 heavy (non-hydrogen) atoms. The summed E-state index contributed by atoms with van der Waals surface area (Å²) in [5.74, 6) is -0.340. The van der Waals surface area contributed by atoms with Gasteiger partial charge in [0.25, 0.3) is 0 Å². The smallest absolute Gasteiger partial charge is 0.198 e. The number of unbranched alkanes of at least 4 members (excludes halogenated alkanes) is 5. The minimum Gasteiger partial charge on any atom is -0.300 e. The molecule has 0 aliphatic heterocycles. The van der Waals surface area contributed by atoms with Crippen LogP contribution in [0.4, 0.5) is 0 Å². The first-order valence-electron chi connectivity index (χ1n) is 7.13. The zero-order chi connectivity index (χ0) is 13.8. The minimum atomic E-state index is -0.256. The van der Waals surface area contributed by atoms with Crippen molar-refractivity contribution in [1.29, 1.82) is 0 Å². The van der Waals surface area contributed by atoms with E-state index in [1.807, 2.05) is 0 Å². The van der Waals surface area contributed by atoms with Gasteiger partial charge in [-0.15, -0.1) is 0 Å². The zero-order valence-corrected chi connectivity index (χ0v) is 11.8. The molecule has 0 atom stereocenters. The van der Waals surface area contributed by atoms with Gasteiger partial charge in [-0.2, -0.15) is 0 Å². The van der Waals surface area contributed by atoms with Crippen LogP contribution in [0.5, 0.6) is 0 Å². The van der Waals surface area contributed by atoms with Crippen molar-refractivity contribution >= 4 is 17.3 Å². The average Bonchev–Trinajstić information content (AvgIpc) is 2.33. The summed E-state index contributed by atoms with van der Waals surface area (Å²) < 4.78 is 0. The summed E-state index contributed by atoms with van der Waals surface area (Å²) in [6.07, 6.45) is 7.99. The first kappa shape index (κ1) is 17.0. The predicted octanol–water partition coefficient (Wildman–Crippen LogP) is 3.63. The Bertz CT molecular complexity index is 269. The van der Waals surface area contributed by atoms with Gasteiger partial charge in [0.1, 0.15) is 5.78 Å². The SMILES string of the molecule is CCCCCCCC(=O)C(=O)CCCCC(C)=O. The molecule has 0 aliphatic rings. The zero-order valence-electron chi connectivity index (χ0n) is 11.8. The van der Waals surface area contributed by atoms with Gasteiger partial charge in [0.2, 0.25) is 0 Å². The maximum absolute atomic E-state index is 11.5. The maximum atomic E-state index is 11.5. The molecule has 0 saturated carbocycles. The van der Waals surface area contributed by atoms with E-state index < -0.39 is 0 Å². The molecule has 0 aromatic carbocycles. The molecule has 3 nitrogen and oxygen atoms in total. The molecule has 0 spiro atoms. The monoisotopic (exact) mass is 254 g/mol. The van der Waals surface area contributed by atoms with Crippen molar-refractivity contribution in [1.82, 2.24) is 0 Å². The Morgan fingerprint density at radius 1 is 0.667 bits per heavy atom. The Morgan fingerprint density at radius 3 is 1.61 bits per heavy atom. The van der Waals surface area contributed by atoms with Gasteiger partial charge >= 0.3 is 0 Å². The van der Waals surface area contributed by atoms with Crippen molar-refractivity contribution in [2.75, 3.05) is 0 Å². The number of rotatable bonds is 12. The van der Waals surface area contributed by atoms with Gasteiger partial charge in [-0.05, 0) is 26.2 Å². The fourth-order valence-electron chi connectivity index (χ4n) is 1.83. The molecular formula is C15H26O3. The van der Waals surface area contributed by atoms with Crippen LogP contribution in [0, 0.1) is 0 Å². The summed E-state index contributed by atoms with van der Waals surface area (Å²) >= 11 is 0. The first-order valence-corrected chi connectivity index (χ1v) is 7.13. The fourth-order valence-corrected chi connectivity index (χ4v) is 1.83. The van der Waals surface area contributed by atoms with E-state index in [0.29, 0.717) is 32.1 Å². The highest BCUT2D eigenvalue weighted by Crippen LogP contribution is 2.08. The summed E-state index contributed by atoms with van der Waals surface area (Å²) in [7, 11) is 0. The molecule has 0 aliphatic carbocycles. The number of carbonyl (C=O) groups is 3. The highest BCUT2D eigenvalue weighted by atomic mass is 16.2. The van der Waals surface area contributed by atoms with E-state index in [1.54, 1.807) is 6.92 Å². The molecule has 0 radical (unpaired) electrons. The minimum absolute atomic E-state index is 0.143. The Kier molecular flexibility index (Phi) is 10.5. The molecule has 0 bridgehead atoms. The topological polar surface area (TPSA) is 51.2 Å². The van der Waals surface area contributed by atoms with Gasteiger partial charge in [0.05, 0.1) is 0 Å². The van der Waals surface area contributed by atoms with Crippen LogP contribution in [0.25, 0.3) is 0 Å². The Morgan fingerprint density at radius 2 is 1.11 bits per heavy atom. The van der Waals surface area contributed by atoms with Crippen LogP contribution >= 0.6 is 0 Å². The van der Waals surface area contributed by atoms with E-state index in [9.17, 15) is 14.4 Å². The van der Waals surface area contributed by atoms with Crippen molar-refractivity contribution in [3.05, 3.63) is 0 Å². The molecule has 0 heterocycles. The normalized spacial score (nSPS) is 10.3. The third-order valence-electron chi connectivity index (χ3n) is 3.00. The van der Waals surface area contributed by atoms with Crippen molar-refractivity contribution < 1.29 is 14.4 Å². The van der Waals surface area contributed by atoms with Crippen molar-refractivity contribution in [2.45, 2.75) is 78.1 Å². The Balaban J connectivity index is 3.51. The van der Waals surface area contributed by atoms with Gasteiger partial charge in [0, 0.05) is 19.3 Å². The summed E-state index contributed by atoms with van der Waals surface area (Å²) in [6, 6.07) is 0. The van der Waals surface area contributed by atoms with E-state index in [2.05, 4.69) is 6.92 Å². The number of hydrogen-bond donors (Lipinski definition) is 0. The molecule has 0 aromatic heterocycles. The molecule has 0 rings (SSSR count). The Hall–Kier alpha value is -0.990. The fraction of sp³-hybridized carbons (Fsp3) is 0.800. The summed E-state index contributed by atoms with van der Waals surface area (Å²) in [6.45, 7) is 3.69. The standard InChI is InChI=1S/C15H26O3/c1-3-4-5-6-7-11-14(17)15(18)12-9-8-10-13(2)16/h3-12H2,1-2H3. The second-order valence-electron chi connectivity index (χ2n) is 4.92. The second kappa shape index (κ2) is 11.1. The lowest BCUT2D eigenvalue weighted by Crippen LogP contribution is -2.13. The van der Waals surface area contributed by atoms with Crippen LogP contribution in [0.15, 0.2) is 0 Å². The van der Waals surface area contributed by atoms with Crippen molar-refractivity contribution in [3.8, 4) is 0 Å². The van der Waals surface area contributed by atoms with Crippen molar-refractivity contribution in [3.63, 3.8) is 0 Å². The molecule has 0 unspecified atom stereocenters. The molecule has 0 fully saturated rings. The van der Waals surface area contributed by atoms with E-state index in [0.717, 1.165) is 19.3 Å². The molecule has 0 saturated heterocycles.